The van der Waals surface area contributed by atoms with Crippen LogP contribution in [-0.2, 0) is 18.1 Å². The minimum atomic E-state index is -4.19. The number of hydrogen-bond acceptors (Lipinski definition) is 6. The minimum Gasteiger partial charge on any atom is -0.357 e. The highest BCUT2D eigenvalue weighted by molar-refractivity contribution is 7.49. The second-order valence-corrected chi connectivity index (χ2v) is 5.91. The van der Waals surface area contributed by atoms with Crippen LogP contribution in [0.15, 0.2) is 24.3 Å². The average molecular weight is 355 g/mol. The minimum absolute atomic E-state index is 0.0490. The van der Waals surface area contributed by atoms with Gasteiger partial charge >= 0.3 is 13.7 Å². The van der Waals surface area contributed by atoms with Crippen molar-refractivity contribution < 1.29 is 22.9 Å². The average Bonchev–Trinajstić information content (AvgIpc) is 2.54. The van der Waals surface area contributed by atoms with E-state index in [1.807, 2.05) is 0 Å². The third-order valence-electron chi connectivity index (χ3n) is 2.32. The van der Waals surface area contributed by atoms with Crippen LogP contribution < -0.4 is 0 Å². The van der Waals surface area contributed by atoms with Gasteiger partial charge in [0.15, 0.2) is 0 Å². The first-order valence-electron chi connectivity index (χ1n) is 6.36. The molecule has 8 nitrogen and oxygen atoms in total. The van der Waals surface area contributed by atoms with Gasteiger partial charge in [0.25, 0.3) is 0 Å². The fourth-order valence-corrected chi connectivity index (χ4v) is 2.73. The molecule has 0 heterocycles. The van der Waals surface area contributed by atoms with Crippen LogP contribution in [0.25, 0.3) is 5.53 Å². The predicted octanol–water partition coefficient (Wildman–Crippen LogP) is 3.30. The Morgan fingerprint density at radius 2 is 1.78 bits per heavy atom. The zero-order chi connectivity index (χ0) is 17.1. The number of nitriles is 2. The second-order valence-electron chi connectivity index (χ2n) is 3.91. The summed E-state index contributed by atoms with van der Waals surface area (Å²) >= 11 is 5.95. The lowest BCUT2D eigenvalue weighted by Gasteiger charge is -2.15. The number of benzene rings is 1. The van der Waals surface area contributed by atoms with Gasteiger partial charge in [-0.1, -0.05) is 23.7 Å². The Bertz CT molecular complexity index is 697. The molecule has 0 saturated heterocycles. The van der Waals surface area contributed by atoms with Crippen LogP contribution in [0.2, 0.25) is 5.02 Å². The lowest BCUT2D eigenvalue weighted by molar-refractivity contribution is -0.0295. The topological polar surface area (TPSA) is 129 Å². The van der Waals surface area contributed by atoms with Crippen LogP contribution in [0, 0.1) is 22.7 Å². The maximum atomic E-state index is 12.5. The molecule has 0 N–H and O–H groups in total. The van der Waals surface area contributed by atoms with Crippen molar-refractivity contribution in [2.45, 2.75) is 12.8 Å². The van der Waals surface area contributed by atoms with Crippen LogP contribution in [-0.4, -0.2) is 23.9 Å². The molecule has 0 aliphatic heterocycles. The van der Waals surface area contributed by atoms with Gasteiger partial charge in [-0.15, -0.1) is 4.79 Å². The van der Waals surface area contributed by atoms with Gasteiger partial charge in [-0.25, -0.2) is 4.57 Å². The Morgan fingerprint density at radius 1 is 1.22 bits per heavy atom. The molecule has 0 aliphatic rings. The number of phosphoric ester groups is 1. The molecule has 0 bridgehead atoms. The maximum Gasteiger partial charge on any atom is 0.535 e. The fraction of sp³-hybridized carbons (Fsp3) is 0.308. The van der Waals surface area contributed by atoms with E-state index in [1.54, 1.807) is 24.3 Å². The van der Waals surface area contributed by atoms with Crippen molar-refractivity contribution in [3.8, 4) is 12.1 Å². The highest BCUT2D eigenvalue weighted by atomic mass is 35.5. The van der Waals surface area contributed by atoms with E-state index < -0.39 is 13.7 Å². The third kappa shape index (κ3) is 6.22. The van der Waals surface area contributed by atoms with Crippen molar-refractivity contribution in [2.75, 3.05) is 13.2 Å². The van der Waals surface area contributed by atoms with E-state index in [9.17, 15) is 4.57 Å². The van der Waals surface area contributed by atoms with Gasteiger partial charge in [0.2, 0.25) is 0 Å². The molecule has 0 aliphatic carbocycles. The van der Waals surface area contributed by atoms with E-state index in [2.05, 4.69) is 4.79 Å². The van der Waals surface area contributed by atoms with Crippen LogP contribution in [0.3, 0.4) is 0 Å². The van der Waals surface area contributed by atoms with E-state index in [1.165, 1.54) is 12.1 Å². The van der Waals surface area contributed by atoms with Crippen LogP contribution >= 0.6 is 19.4 Å². The Kier molecular flexibility index (Phi) is 8.01. The molecule has 0 saturated carbocycles. The number of hydrogen-bond donors (Lipinski definition) is 0. The van der Waals surface area contributed by atoms with E-state index in [-0.39, 0.29) is 36.6 Å². The summed E-state index contributed by atoms with van der Waals surface area (Å²) in [6.07, 6.45) is -0.0979. The number of halogens is 1. The van der Waals surface area contributed by atoms with Crippen molar-refractivity contribution in [2.24, 2.45) is 0 Å². The molecule has 0 unspecified atom stereocenters. The normalized spacial score (nSPS) is 10.2. The van der Waals surface area contributed by atoms with Gasteiger partial charge in [0, 0.05) is 0 Å². The van der Waals surface area contributed by atoms with Gasteiger partial charge < -0.3 is 10.1 Å². The van der Waals surface area contributed by atoms with Gasteiger partial charge in [0.05, 0.1) is 43.2 Å². The number of phosphoric acid groups is 1. The summed E-state index contributed by atoms with van der Waals surface area (Å²) in [5, 5.41) is 17.2. The summed E-state index contributed by atoms with van der Waals surface area (Å²) in [4.78, 5) is 2.91. The molecule has 1 rings (SSSR count). The molecule has 1 aromatic carbocycles. The van der Waals surface area contributed by atoms with Crippen LogP contribution in [0.5, 0.6) is 0 Å². The standard InChI is InChI=1S/C13H12ClN4O4P/c14-12-6-2-1-5-11(12)13(18-17)22-23(19,20-9-3-7-15)21-10-4-8-16/h1-2,5-6H,3-4,9-10H2. The molecular weight excluding hydrogens is 343 g/mol. The second kappa shape index (κ2) is 9.76. The van der Waals surface area contributed by atoms with Crippen molar-refractivity contribution in [1.29, 1.82) is 10.5 Å². The largest absolute Gasteiger partial charge is 0.535 e. The van der Waals surface area contributed by atoms with Crippen molar-refractivity contribution >= 4 is 25.3 Å². The molecular formula is C13H12ClN4O4P. The van der Waals surface area contributed by atoms with Gasteiger partial charge in [-0.2, -0.15) is 10.5 Å². The van der Waals surface area contributed by atoms with Gasteiger partial charge in [-0.3, -0.25) is 9.05 Å². The molecule has 10 heteroatoms. The lowest BCUT2D eigenvalue weighted by atomic mass is 10.2. The third-order valence-corrected chi connectivity index (χ3v) is 4.04. The summed E-state index contributed by atoms with van der Waals surface area (Å²) < 4.78 is 27.5. The van der Waals surface area contributed by atoms with E-state index in [4.69, 9.17) is 41.2 Å². The van der Waals surface area contributed by atoms with Crippen molar-refractivity contribution in [3.05, 3.63) is 40.4 Å². The highest BCUT2D eigenvalue weighted by Gasteiger charge is 2.35. The molecule has 0 amide bonds. The Hall–Kier alpha value is -2.18. The molecule has 0 radical (unpaired) electrons. The first kappa shape index (κ1) is 18.9. The summed E-state index contributed by atoms with van der Waals surface area (Å²) in [5.74, 6) is -0.465. The number of nitrogens with zero attached hydrogens (tertiary/aromatic N) is 4. The zero-order valence-electron chi connectivity index (χ0n) is 11.9. The zero-order valence-corrected chi connectivity index (χ0v) is 13.5. The summed E-state index contributed by atoms with van der Waals surface area (Å²) in [7, 11) is -4.19. The van der Waals surface area contributed by atoms with Crippen LogP contribution in [0.1, 0.15) is 18.4 Å². The Labute approximate surface area is 138 Å². The van der Waals surface area contributed by atoms with E-state index in [0.29, 0.717) is 0 Å². The summed E-state index contributed by atoms with van der Waals surface area (Å²) in [5.41, 5.74) is 9.25. The quantitative estimate of drug-likeness (QED) is 0.176. The monoisotopic (exact) mass is 354 g/mol. The van der Waals surface area contributed by atoms with Crippen molar-refractivity contribution in [1.82, 2.24) is 0 Å². The Balaban J connectivity index is 2.96. The van der Waals surface area contributed by atoms with E-state index >= 15 is 0 Å². The first-order chi connectivity index (χ1) is 11.1. The summed E-state index contributed by atoms with van der Waals surface area (Å²) in [6, 6.07) is 9.86. The molecule has 23 heavy (non-hydrogen) atoms. The van der Waals surface area contributed by atoms with E-state index in [0.717, 1.165) is 0 Å². The fourth-order valence-electron chi connectivity index (χ4n) is 1.36. The number of rotatable bonds is 8. The molecule has 0 aromatic heterocycles. The maximum absolute atomic E-state index is 12.5. The van der Waals surface area contributed by atoms with Crippen molar-refractivity contribution in [3.63, 3.8) is 0 Å². The Morgan fingerprint density at radius 3 is 2.26 bits per heavy atom. The molecule has 1 aromatic rings. The highest BCUT2D eigenvalue weighted by Crippen LogP contribution is 2.50. The summed E-state index contributed by atoms with van der Waals surface area (Å²) in [6.45, 7) is -0.441. The smallest absolute Gasteiger partial charge is 0.357 e. The predicted molar refractivity (Wildman–Crippen MR) is 80.2 cm³/mol. The molecule has 0 fully saturated rings. The molecule has 120 valence electrons. The molecule has 0 spiro atoms. The van der Waals surface area contributed by atoms with Crippen LogP contribution in [0.4, 0.5) is 0 Å². The van der Waals surface area contributed by atoms with Gasteiger partial charge in [-0.05, 0) is 12.1 Å². The van der Waals surface area contributed by atoms with Gasteiger partial charge in [0.1, 0.15) is 5.56 Å². The SMILES string of the molecule is N#CCCOP(=O)(OCCC#N)OC(=[N+]=[N-])c1ccccc1Cl. The lowest BCUT2D eigenvalue weighted by Crippen LogP contribution is -2.11. The first-order valence-corrected chi connectivity index (χ1v) is 8.19. The molecule has 0 atom stereocenters.